The summed E-state index contributed by atoms with van der Waals surface area (Å²) in [6.07, 6.45) is 2.70. The van der Waals surface area contributed by atoms with Crippen LogP contribution in [0.1, 0.15) is 0 Å². The van der Waals surface area contributed by atoms with Gasteiger partial charge in [-0.25, -0.2) is 0 Å². The Labute approximate surface area is 337 Å². The van der Waals surface area contributed by atoms with Gasteiger partial charge in [0.2, 0.25) is 0 Å². The van der Waals surface area contributed by atoms with E-state index in [4.69, 9.17) is 27.4 Å². The minimum atomic E-state index is -5.07. The first kappa shape index (κ1) is 43.1. The van der Waals surface area contributed by atoms with Crippen LogP contribution in [0.3, 0.4) is 0 Å². The van der Waals surface area contributed by atoms with Crippen LogP contribution in [-0.4, -0.2) is 65.1 Å². The molecule has 4 N–H and O–H groups in total. The predicted molar refractivity (Wildman–Crippen MR) is 205 cm³/mol. The van der Waals surface area contributed by atoms with E-state index in [-0.39, 0.29) is 80.8 Å². The van der Waals surface area contributed by atoms with Crippen LogP contribution in [0.15, 0.2) is 116 Å². The average molecular weight is 913 g/mol. The Morgan fingerprint density at radius 2 is 0.767 bits per heavy atom. The number of benzene rings is 4. The maximum atomic E-state index is 13.3. The average Bonchev–Trinajstić information content (AvgIpc) is 3.10. The van der Waals surface area contributed by atoms with Crippen LogP contribution in [0.2, 0.25) is 0 Å². The molecule has 22 nitrogen and oxygen atoms in total. The molecule has 0 bridgehead atoms. The number of ether oxygens (including phenoxy) is 2. The van der Waals surface area contributed by atoms with Gasteiger partial charge in [0.25, 0.3) is 0 Å². The number of fused-ring (bicyclic) bond motifs is 2. The van der Waals surface area contributed by atoms with E-state index in [1.165, 1.54) is 36.4 Å². The van der Waals surface area contributed by atoms with E-state index in [1.807, 2.05) is 0 Å². The molecule has 0 aliphatic rings. The Morgan fingerprint density at radius 1 is 0.450 bits per heavy atom. The van der Waals surface area contributed by atoms with Crippen molar-refractivity contribution in [3.8, 4) is 57.1 Å². The monoisotopic (exact) mass is 912 g/mol. The van der Waals surface area contributed by atoms with Gasteiger partial charge in [0.05, 0.1) is 0 Å². The number of rotatable bonds is 16. The lowest BCUT2D eigenvalue weighted by molar-refractivity contribution is 0.350. The molecule has 0 fully saturated rings. The fraction of sp³-hybridized carbons (Fsp3) is 0.0588. The van der Waals surface area contributed by atoms with Gasteiger partial charge in [-0.2, -0.15) is 33.7 Å². The molecule has 2 heterocycles. The molecule has 0 aliphatic heterocycles. The highest BCUT2D eigenvalue weighted by atomic mass is 32.3. The maximum absolute atomic E-state index is 13.3. The zero-order chi connectivity index (χ0) is 43.6. The van der Waals surface area contributed by atoms with E-state index in [0.717, 1.165) is 60.7 Å². The third kappa shape index (κ3) is 11.6. The highest BCUT2D eigenvalue weighted by molar-refractivity contribution is 7.82. The molecule has 6 rings (SSSR count). The van der Waals surface area contributed by atoms with Crippen LogP contribution in [0, 0.1) is 0 Å². The van der Waals surface area contributed by atoms with Crippen molar-refractivity contribution >= 4 is 63.5 Å². The zero-order valence-corrected chi connectivity index (χ0v) is 32.7. The first-order valence-electron chi connectivity index (χ1n) is 16.0. The summed E-state index contributed by atoms with van der Waals surface area (Å²) in [6.45, 7) is -0.674. The summed E-state index contributed by atoms with van der Waals surface area (Å²) in [6, 6.07) is 15.7. The lowest BCUT2D eigenvalue weighted by Crippen LogP contribution is -2.09. The molecule has 0 aliphatic carbocycles. The van der Waals surface area contributed by atoms with Crippen LogP contribution in [-0.2, 0) is 41.6 Å². The third-order valence-electron chi connectivity index (χ3n) is 7.46. The first-order chi connectivity index (χ1) is 28.0. The minimum Gasteiger partial charge on any atom is -0.488 e. The van der Waals surface area contributed by atoms with Gasteiger partial charge in [-0.05, 0) is 60.7 Å². The molecule has 0 atom stereocenters. The normalized spacial score (nSPS) is 12.4. The molecule has 316 valence electrons. The maximum Gasteiger partial charge on any atom is 0.446 e. The molecule has 2 aromatic heterocycles. The van der Waals surface area contributed by atoms with Crippen molar-refractivity contribution in [3.63, 3.8) is 0 Å². The summed E-state index contributed by atoms with van der Waals surface area (Å²) in [7, 11) is -19.8. The van der Waals surface area contributed by atoms with Crippen molar-refractivity contribution in [1.29, 1.82) is 0 Å². The summed E-state index contributed by atoms with van der Waals surface area (Å²) in [5.74, 6) is -2.34. The predicted octanol–water partition coefficient (Wildman–Crippen LogP) is 3.97. The molecule has 0 saturated heterocycles. The van der Waals surface area contributed by atoms with Crippen molar-refractivity contribution in [2.75, 3.05) is 13.2 Å². The second kappa shape index (κ2) is 16.6. The van der Waals surface area contributed by atoms with Gasteiger partial charge in [-0.3, -0.25) is 27.8 Å². The minimum absolute atomic E-state index is 0.0933. The molecule has 0 saturated carbocycles. The molecule has 0 amide bonds. The molecule has 0 unspecified atom stereocenters. The SMILES string of the molecule is O=c1cc(-c2ccc(OS(=O)(=O)O)cc2)oc2cc(OS(=O)(=O)O)cc(OCC=CCOc3cc(OS(=O)(=O)O)cc4oc(-c5ccc(OS(=O)(=O)O)cc5)cc(=O)c34)c12. The van der Waals surface area contributed by atoms with E-state index in [2.05, 4.69) is 16.7 Å². The zero-order valence-electron chi connectivity index (χ0n) is 29.4. The van der Waals surface area contributed by atoms with Gasteiger partial charge in [0, 0.05) is 47.5 Å². The topological polar surface area (TPSA) is 333 Å². The molecular weight excluding hydrogens is 889 g/mol. The highest BCUT2D eigenvalue weighted by Crippen LogP contribution is 2.35. The van der Waals surface area contributed by atoms with Gasteiger partial charge < -0.3 is 35.0 Å². The van der Waals surface area contributed by atoms with Crippen molar-refractivity contribution in [1.82, 2.24) is 0 Å². The van der Waals surface area contributed by atoms with Crippen LogP contribution in [0.4, 0.5) is 0 Å². The van der Waals surface area contributed by atoms with Gasteiger partial charge in [-0.15, -0.1) is 0 Å². The smallest absolute Gasteiger partial charge is 0.446 e. The Morgan fingerprint density at radius 3 is 1.08 bits per heavy atom. The van der Waals surface area contributed by atoms with Gasteiger partial charge >= 0.3 is 41.6 Å². The molecule has 26 heteroatoms. The Bertz CT molecular complexity index is 3010. The molecule has 0 radical (unpaired) electrons. The Hall–Kier alpha value is -6.52. The van der Waals surface area contributed by atoms with Crippen molar-refractivity contribution in [2.45, 2.75) is 0 Å². The highest BCUT2D eigenvalue weighted by Gasteiger charge is 2.20. The molecule has 6 aromatic rings. The second-order valence-corrected chi connectivity index (χ2v) is 15.8. The fourth-order valence-corrected chi connectivity index (χ4v) is 6.70. The number of hydrogen-bond acceptors (Lipinski definition) is 18. The summed E-state index contributed by atoms with van der Waals surface area (Å²) in [4.78, 5) is 26.6. The van der Waals surface area contributed by atoms with E-state index in [1.54, 1.807) is 0 Å². The second-order valence-electron chi connectivity index (χ2n) is 11.7. The van der Waals surface area contributed by atoms with Crippen LogP contribution in [0.5, 0.6) is 34.5 Å². The lowest BCUT2D eigenvalue weighted by atomic mass is 10.1. The van der Waals surface area contributed by atoms with Gasteiger partial charge in [0.1, 0.15) is 69.7 Å². The standard InChI is InChI=1S/C34H24O22S4/c35-25-17-27(19-3-7-21(8-4-19)53-57(37,38)39)51-31-15-23(55-59(43,44)45)13-29(33(25)31)49-11-1-2-12-50-30-14-24(56-60(46,47)48)16-32-34(30)26(36)18-28(52-32)20-5-9-22(10-6-20)54-58(40,41)42/h1-10,13-18H,11-12H2,(H,37,38,39)(H,40,41,42)(H,43,44,45)(H,46,47,48). The molecular formula is C34H24O22S4. The summed E-state index contributed by atoms with van der Waals surface area (Å²) in [5.41, 5.74) is -1.52. The Balaban J connectivity index is 1.24. The third-order valence-corrected chi connectivity index (χ3v) is 9.07. The van der Waals surface area contributed by atoms with E-state index in [0.29, 0.717) is 0 Å². The van der Waals surface area contributed by atoms with E-state index >= 15 is 0 Å². The van der Waals surface area contributed by atoms with Crippen molar-refractivity contribution in [2.24, 2.45) is 0 Å². The molecule has 0 spiro atoms. The van der Waals surface area contributed by atoms with Gasteiger partial charge in [0.15, 0.2) is 22.4 Å². The quantitative estimate of drug-likeness (QED) is 0.0788. The number of hydrogen-bond donors (Lipinski definition) is 4. The molecule has 60 heavy (non-hydrogen) atoms. The largest absolute Gasteiger partial charge is 0.488 e. The summed E-state index contributed by atoms with van der Waals surface area (Å²) < 4.78 is 167. The Kier molecular flexibility index (Phi) is 11.9. The fourth-order valence-electron chi connectivity index (χ4n) is 5.31. The van der Waals surface area contributed by atoms with Crippen molar-refractivity contribution < 1.29 is 86.9 Å². The molecule has 4 aromatic carbocycles. The first-order valence-corrected chi connectivity index (χ1v) is 21.5. The van der Waals surface area contributed by atoms with Gasteiger partial charge in [-0.1, -0.05) is 0 Å². The van der Waals surface area contributed by atoms with Crippen molar-refractivity contribution in [3.05, 3.63) is 118 Å². The van der Waals surface area contributed by atoms with E-state index in [9.17, 15) is 52.4 Å². The summed E-state index contributed by atoms with van der Waals surface area (Å²) in [5, 5.41) is -0.402. The summed E-state index contributed by atoms with van der Waals surface area (Å²) >= 11 is 0. The van der Waals surface area contributed by atoms with Crippen LogP contribution in [0.25, 0.3) is 44.6 Å². The van der Waals surface area contributed by atoms with E-state index < -0.39 is 64.0 Å². The van der Waals surface area contributed by atoms with Crippen LogP contribution >= 0.6 is 0 Å². The van der Waals surface area contributed by atoms with Crippen LogP contribution < -0.4 is 37.1 Å². The lowest BCUT2D eigenvalue weighted by Gasteiger charge is -2.12.